The molecule has 2 fully saturated rings. The molecule has 0 spiro atoms. The lowest BCUT2D eigenvalue weighted by Crippen LogP contribution is -2.51. The second-order valence-corrected chi connectivity index (χ2v) is 12.0. The Balaban J connectivity index is 1.30. The van der Waals surface area contributed by atoms with Gasteiger partial charge in [-0.25, -0.2) is 14.4 Å². The van der Waals surface area contributed by atoms with E-state index >= 15 is 0 Å². The fraction of sp³-hybridized carbons (Fsp3) is 0.462. The zero-order valence-electron chi connectivity index (χ0n) is 21.8. The summed E-state index contributed by atoms with van der Waals surface area (Å²) < 4.78 is 60.0. The molecule has 1 saturated carbocycles. The van der Waals surface area contributed by atoms with Crippen LogP contribution in [0.3, 0.4) is 0 Å². The highest BCUT2D eigenvalue weighted by Crippen LogP contribution is 2.37. The maximum Gasteiger partial charge on any atom is 0.282 e. The monoisotopic (exact) mass is 579 g/mol. The van der Waals surface area contributed by atoms with Crippen LogP contribution in [0.15, 0.2) is 36.7 Å². The maximum atomic E-state index is 13.6. The van der Waals surface area contributed by atoms with Gasteiger partial charge in [-0.15, -0.1) is 0 Å². The smallest absolute Gasteiger partial charge is 0.282 e. The van der Waals surface area contributed by atoms with Crippen LogP contribution in [0.4, 0.5) is 15.9 Å². The van der Waals surface area contributed by atoms with Crippen molar-refractivity contribution >= 4 is 44.2 Å². The van der Waals surface area contributed by atoms with Gasteiger partial charge >= 0.3 is 0 Å². The van der Waals surface area contributed by atoms with E-state index in [2.05, 4.69) is 15.3 Å². The van der Waals surface area contributed by atoms with Crippen molar-refractivity contribution in [2.45, 2.75) is 37.8 Å². The van der Waals surface area contributed by atoms with Gasteiger partial charge in [-0.2, -0.15) is 17.0 Å². The number of rotatable bonds is 8. The van der Waals surface area contributed by atoms with Gasteiger partial charge in [-0.1, -0.05) is 11.6 Å². The number of nitrogens with zero attached hydrogens (tertiary/aromatic N) is 4. The molecule has 0 bridgehead atoms. The van der Waals surface area contributed by atoms with Gasteiger partial charge in [-0.05, 0) is 49.9 Å². The first-order valence-electron chi connectivity index (χ1n) is 12.8. The fourth-order valence-corrected chi connectivity index (χ4v) is 6.72. The number of aromatic nitrogens is 2. The first-order valence-corrected chi connectivity index (χ1v) is 14.6. The molecule has 1 aliphatic heterocycles. The SMILES string of the molecule is COc1cc2ncnc(Nc3ccc(F)c(Cl)c3)c2cc1O[C@H]1CC[C@@H](N(C)S(=O)(=O)N2CCOCC2)CC1. The third-order valence-corrected chi connectivity index (χ3v) is 9.55. The van der Waals surface area contributed by atoms with Gasteiger partial charge in [0.1, 0.15) is 18.0 Å². The van der Waals surface area contributed by atoms with Gasteiger partial charge in [0.2, 0.25) is 0 Å². The first-order chi connectivity index (χ1) is 18.8. The van der Waals surface area contributed by atoms with Gasteiger partial charge in [0.05, 0.1) is 37.0 Å². The van der Waals surface area contributed by atoms with E-state index in [1.54, 1.807) is 26.3 Å². The van der Waals surface area contributed by atoms with Gasteiger partial charge in [0, 0.05) is 43.3 Å². The van der Waals surface area contributed by atoms with Crippen LogP contribution < -0.4 is 14.8 Å². The highest BCUT2D eigenvalue weighted by Gasteiger charge is 2.35. The van der Waals surface area contributed by atoms with E-state index in [0.29, 0.717) is 85.9 Å². The summed E-state index contributed by atoms with van der Waals surface area (Å²) in [5.41, 5.74) is 1.22. The minimum absolute atomic E-state index is 0.00282. The molecule has 0 unspecified atom stereocenters. The lowest BCUT2D eigenvalue weighted by Gasteiger charge is -2.37. The summed E-state index contributed by atoms with van der Waals surface area (Å²) in [7, 11) is -0.308. The summed E-state index contributed by atoms with van der Waals surface area (Å²) in [6, 6.07) is 7.85. The Kier molecular flexibility index (Phi) is 8.38. The van der Waals surface area contributed by atoms with E-state index in [1.807, 2.05) is 6.07 Å². The van der Waals surface area contributed by atoms with Crippen molar-refractivity contribution in [3.05, 3.63) is 47.5 Å². The Morgan fingerprint density at radius 1 is 1.10 bits per heavy atom. The zero-order chi connectivity index (χ0) is 27.6. The van der Waals surface area contributed by atoms with E-state index in [9.17, 15) is 12.8 Å². The second kappa shape index (κ2) is 11.8. The average molecular weight is 580 g/mol. The molecular weight excluding hydrogens is 549 g/mol. The molecule has 0 atom stereocenters. The zero-order valence-corrected chi connectivity index (χ0v) is 23.3. The fourth-order valence-electron chi connectivity index (χ4n) is 4.98. The summed E-state index contributed by atoms with van der Waals surface area (Å²) >= 11 is 5.94. The number of halogens is 2. The largest absolute Gasteiger partial charge is 0.493 e. The Bertz CT molecular complexity index is 1430. The van der Waals surface area contributed by atoms with Gasteiger partial charge in [0.15, 0.2) is 11.5 Å². The Labute approximate surface area is 232 Å². The summed E-state index contributed by atoms with van der Waals surface area (Å²) in [5.74, 6) is 1.08. The summed E-state index contributed by atoms with van der Waals surface area (Å²) in [6.45, 7) is 1.59. The second-order valence-electron chi connectivity index (χ2n) is 9.58. The number of ether oxygens (including phenoxy) is 3. The van der Waals surface area contributed by atoms with Crippen LogP contribution in [0, 0.1) is 5.82 Å². The minimum Gasteiger partial charge on any atom is -0.493 e. The lowest BCUT2D eigenvalue weighted by atomic mass is 9.93. The van der Waals surface area contributed by atoms with Crippen LogP contribution in [-0.4, -0.2) is 79.6 Å². The molecule has 39 heavy (non-hydrogen) atoms. The molecule has 3 aromatic rings. The highest BCUT2D eigenvalue weighted by atomic mass is 35.5. The van der Waals surface area contributed by atoms with Crippen molar-refractivity contribution in [2.75, 3.05) is 45.8 Å². The molecule has 5 rings (SSSR count). The van der Waals surface area contributed by atoms with E-state index in [1.165, 1.54) is 27.1 Å². The van der Waals surface area contributed by atoms with Gasteiger partial charge < -0.3 is 19.5 Å². The standard InChI is InChI=1S/C26H31ClFN5O5S/c1-32(39(34,35)33-9-11-37-12-10-33)18-4-6-19(7-5-18)38-25-14-20-23(15-24(25)36-2)29-16-30-26(20)31-17-3-8-22(28)21(27)13-17/h3,8,13-16,18-19H,4-7,9-12H2,1-2H3,(H,29,30,31)/t18-,19+. The van der Waals surface area contributed by atoms with Crippen molar-refractivity contribution in [3.8, 4) is 11.5 Å². The van der Waals surface area contributed by atoms with E-state index in [-0.39, 0.29) is 17.2 Å². The van der Waals surface area contributed by atoms with Crippen molar-refractivity contribution in [2.24, 2.45) is 0 Å². The highest BCUT2D eigenvalue weighted by molar-refractivity contribution is 7.86. The van der Waals surface area contributed by atoms with Crippen molar-refractivity contribution in [1.82, 2.24) is 18.6 Å². The number of nitrogens with one attached hydrogen (secondary N) is 1. The number of hydrogen-bond donors (Lipinski definition) is 1. The molecule has 1 N–H and O–H groups in total. The Hall–Kier alpha value is -2.77. The number of anilines is 2. The van der Waals surface area contributed by atoms with Gasteiger partial charge in [0.25, 0.3) is 10.2 Å². The van der Waals surface area contributed by atoms with Crippen LogP contribution in [0.5, 0.6) is 11.5 Å². The number of fused-ring (bicyclic) bond motifs is 1. The predicted octanol–water partition coefficient (Wildman–Crippen LogP) is 4.37. The molecule has 10 nitrogen and oxygen atoms in total. The molecule has 1 saturated heterocycles. The molecule has 0 radical (unpaired) electrons. The van der Waals surface area contributed by atoms with Gasteiger partial charge in [-0.3, -0.25) is 0 Å². The van der Waals surface area contributed by atoms with Crippen molar-refractivity contribution in [1.29, 1.82) is 0 Å². The van der Waals surface area contributed by atoms with E-state index in [4.69, 9.17) is 25.8 Å². The predicted molar refractivity (Wildman–Crippen MR) is 147 cm³/mol. The number of methoxy groups -OCH3 is 1. The normalized spacial score (nSPS) is 20.7. The van der Waals surface area contributed by atoms with Crippen LogP contribution in [0.25, 0.3) is 10.9 Å². The van der Waals surface area contributed by atoms with E-state index in [0.717, 1.165) is 0 Å². The first kappa shape index (κ1) is 27.8. The third-order valence-electron chi connectivity index (χ3n) is 7.21. The molecule has 210 valence electrons. The lowest BCUT2D eigenvalue weighted by molar-refractivity contribution is 0.0679. The molecule has 0 amide bonds. The molecule has 2 aliphatic rings. The van der Waals surface area contributed by atoms with Crippen molar-refractivity contribution < 1.29 is 27.0 Å². The minimum atomic E-state index is -3.53. The number of benzene rings is 2. The van der Waals surface area contributed by atoms with Crippen LogP contribution in [0.1, 0.15) is 25.7 Å². The number of hydrogen-bond acceptors (Lipinski definition) is 8. The van der Waals surface area contributed by atoms with E-state index < -0.39 is 16.0 Å². The summed E-state index contributed by atoms with van der Waals surface area (Å²) in [6.07, 6.45) is 4.07. The topological polar surface area (TPSA) is 106 Å². The molecular formula is C26H31ClFN5O5S. The van der Waals surface area contributed by atoms with Crippen molar-refractivity contribution in [3.63, 3.8) is 0 Å². The summed E-state index contributed by atoms with van der Waals surface area (Å²) in [4.78, 5) is 8.71. The molecule has 2 aromatic carbocycles. The quantitative estimate of drug-likeness (QED) is 0.419. The number of morpholine rings is 1. The third kappa shape index (κ3) is 6.04. The molecule has 13 heteroatoms. The average Bonchev–Trinajstić information content (AvgIpc) is 2.95. The molecule has 1 aliphatic carbocycles. The maximum absolute atomic E-state index is 13.6. The Morgan fingerprint density at radius 2 is 1.85 bits per heavy atom. The molecule has 2 heterocycles. The molecule has 1 aromatic heterocycles. The summed E-state index contributed by atoms with van der Waals surface area (Å²) in [5, 5.41) is 3.87. The Morgan fingerprint density at radius 3 is 2.54 bits per heavy atom. The van der Waals surface area contributed by atoms with Crippen LogP contribution in [-0.2, 0) is 14.9 Å². The van der Waals surface area contributed by atoms with Crippen LogP contribution >= 0.6 is 11.6 Å². The van der Waals surface area contributed by atoms with Crippen LogP contribution in [0.2, 0.25) is 5.02 Å².